The van der Waals surface area contributed by atoms with Crippen molar-refractivity contribution >= 4 is 15.1 Å². The monoisotopic (exact) mass is 188 g/mol. The zero-order valence-corrected chi connectivity index (χ0v) is 10.6. The van der Waals surface area contributed by atoms with Gasteiger partial charge in [-0.2, -0.15) is 0 Å². The van der Waals surface area contributed by atoms with Crippen LogP contribution in [-0.2, 0) is 0 Å². The van der Waals surface area contributed by atoms with Gasteiger partial charge in [0.1, 0.15) is 0 Å². The standard InChI is InChI=1S/C10H26BP/c1-5-9-10(11)12(6-2,7-3)8-4/h10,12H,5-9,11H2,1-4H3. The molecule has 0 aliphatic rings. The molecule has 0 saturated carbocycles. The summed E-state index contributed by atoms with van der Waals surface area (Å²) in [5.74, 6) is 0. The zero-order valence-electron chi connectivity index (χ0n) is 9.61. The first-order valence-corrected chi connectivity index (χ1v) is 8.36. The third-order valence-electron chi connectivity index (χ3n) is 3.88. The summed E-state index contributed by atoms with van der Waals surface area (Å²) in [5.41, 5.74) is 1.04. The van der Waals surface area contributed by atoms with Crippen molar-refractivity contribution in [2.75, 3.05) is 18.5 Å². The topological polar surface area (TPSA) is 0 Å². The Labute approximate surface area is 80.3 Å². The molecular weight excluding hydrogens is 162 g/mol. The van der Waals surface area contributed by atoms with E-state index in [-0.39, 0.29) is 0 Å². The molecule has 1 atom stereocenters. The minimum atomic E-state index is -0.842. The molecule has 12 heavy (non-hydrogen) atoms. The van der Waals surface area contributed by atoms with Gasteiger partial charge in [-0.3, -0.25) is 0 Å². The summed E-state index contributed by atoms with van der Waals surface area (Å²) >= 11 is 0. The quantitative estimate of drug-likeness (QED) is 0.444. The van der Waals surface area contributed by atoms with Crippen molar-refractivity contribution < 1.29 is 0 Å². The molecule has 0 N–H and O–H groups in total. The molecule has 74 valence electrons. The molecule has 0 bridgehead atoms. The molecule has 0 saturated heterocycles. The number of hydrogen-bond donors (Lipinski definition) is 0. The maximum atomic E-state index is 2.49. The van der Waals surface area contributed by atoms with Crippen LogP contribution < -0.4 is 0 Å². The van der Waals surface area contributed by atoms with Crippen molar-refractivity contribution in [2.24, 2.45) is 0 Å². The van der Waals surface area contributed by atoms with Crippen LogP contribution in [0, 0.1) is 0 Å². The molecule has 0 aromatic rings. The maximum absolute atomic E-state index is 2.49. The van der Waals surface area contributed by atoms with Crippen molar-refractivity contribution in [3.63, 3.8) is 0 Å². The van der Waals surface area contributed by atoms with Gasteiger partial charge < -0.3 is 0 Å². The minimum absolute atomic E-state index is 0.842. The summed E-state index contributed by atoms with van der Waals surface area (Å²) in [6.07, 6.45) is 7.29. The van der Waals surface area contributed by atoms with E-state index < -0.39 is 7.26 Å². The molecule has 0 aliphatic heterocycles. The first-order valence-electron chi connectivity index (χ1n) is 5.66. The van der Waals surface area contributed by atoms with Crippen LogP contribution >= 0.6 is 7.26 Å². The zero-order chi connectivity index (χ0) is 9.61. The van der Waals surface area contributed by atoms with Crippen molar-refractivity contribution in [3.8, 4) is 0 Å². The van der Waals surface area contributed by atoms with Crippen LogP contribution in [0.2, 0.25) is 0 Å². The van der Waals surface area contributed by atoms with Crippen LogP contribution in [0.3, 0.4) is 0 Å². The molecule has 0 aromatic carbocycles. The van der Waals surface area contributed by atoms with E-state index in [9.17, 15) is 0 Å². The molecule has 0 amide bonds. The van der Waals surface area contributed by atoms with Crippen molar-refractivity contribution in [3.05, 3.63) is 0 Å². The van der Waals surface area contributed by atoms with Gasteiger partial charge in [0.05, 0.1) is 0 Å². The normalized spacial score (nSPS) is 16.0. The Morgan fingerprint density at radius 1 is 1.00 bits per heavy atom. The Bertz CT molecular complexity index is 102. The molecule has 0 aromatic heterocycles. The van der Waals surface area contributed by atoms with Crippen LogP contribution in [0.4, 0.5) is 0 Å². The van der Waals surface area contributed by atoms with Gasteiger partial charge in [0, 0.05) is 0 Å². The third kappa shape index (κ3) is 2.77. The predicted molar refractivity (Wildman–Crippen MR) is 67.2 cm³/mol. The fourth-order valence-corrected chi connectivity index (χ4v) is 7.03. The molecule has 0 aliphatic carbocycles. The Balaban J connectivity index is 4.24. The average molecular weight is 188 g/mol. The molecule has 2 heteroatoms. The van der Waals surface area contributed by atoms with E-state index >= 15 is 0 Å². The van der Waals surface area contributed by atoms with Gasteiger partial charge in [0.15, 0.2) is 0 Å². The molecule has 0 nitrogen and oxygen atoms in total. The van der Waals surface area contributed by atoms with Gasteiger partial charge in [-0.25, -0.2) is 0 Å². The van der Waals surface area contributed by atoms with Gasteiger partial charge in [-0.15, -0.1) is 0 Å². The van der Waals surface area contributed by atoms with Crippen LogP contribution in [0.15, 0.2) is 0 Å². The molecule has 0 heterocycles. The molecule has 1 unspecified atom stereocenters. The van der Waals surface area contributed by atoms with Crippen molar-refractivity contribution in [1.82, 2.24) is 0 Å². The third-order valence-corrected chi connectivity index (χ3v) is 10.5. The predicted octanol–water partition coefficient (Wildman–Crippen LogP) is 2.56. The van der Waals surface area contributed by atoms with Gasteiger partial charge in [-0.1, -0.05) is 0 Å². The SMILES string of the molecule is BC(CCC)[PH](CC)(CC)CC. The Morgan fingerprint density at radius 3 is 1.67 bits per heavy atom. The van der Waals surface area contributed by atoms with E-state index in [1.807, 2.05) is 0 Å². The summed E-state index contributed by atoms with van der Waals surface area (Å²) in [6.45, 7) is 9.54. The first-order chi connectivity index (χ1) is 5.66. The van der Waals surface area contributed by atoms with Gasteiger partial charge >= 0.3 is 79.7 Å². The van der Waals surface area contributed by atoms with Crippen LogP contribution in [-0.4, -0.2) is 31.9 Å². The van der Waals surface area contributed by atoms with E-state index in [2.05, 4.69) is 35.5 Å². The fraction of sp³-hybridized carbons (Fsp3) is 1.00. The summed E-state index contributed by atoms with van der Waals surface area (Å²) in [7, 11) is 1.65. The molecular formula is C10H26BP. The number of hydrogen-bond acceptors (Lipinski definition) is 0. The summed E-state index contributed by atoms with van der Waals surface area (Å²) in [6, 6.07) is 0. The molecule has 0 spiro atoms. The van der Waals surface area contributed by atoms with Crippen LogP contribution in [0.25, 0.3) is 0 Å². The number of rotatable bonds is 6. The second kappa shape index (κ2) is 6.03. The van der Waals surface area contributed by atoms with E-state index in [4.69, 9.17) is 0 Å². The summed E-state index contributed by atoms with van der Waals surface area (Å²) < 4.78 is 0. The summed E-state index contributed by atoms with van der Waals surface area (Å²) in [4.78, 5) is 0. The van der Waals surface area contributed by atoms with E-state index in [0.717, 1.165) is 5.56 Å². The Morgan fingerprint density at radius 2 is 1.42 bits per heavy atom. The Hall–Kier alpha value is 0.495. The summed E-state index contributed by atoms with van der Waals surface area (Å²) in [5, 5.41) is 0. The first kappa shape index (κ1) is 12.5. The van der Waals surface area contributed by atoms with E-state index in [1.165, 1.54) is 31.3 Å². The van der Waals surface area contributed by atoms with E-state index in [1.54, 1.807) is 0 Å². The second-order valence-corrected chi connectivity index (χ2v) is 9.94. The second-order valence-electron chi connectivity index (χ2n) is 4.11. The van der Waals surface area contributed by atoms with Crippen LogP contribution in [0.1, 0.15) is 40.5 Å². The van der Waals surface area contributed by atoms with Gasteiger partial charge in [0.2, 0.25) is 0 Å². The van der Waals surface area contributed by atoms with Gasteiger partial charge in [0.25, 0.3) is 0 Å². The van der Waals surface area contributed by atoms with Gasteiger partial charge in [-0.05, 0) is 0 Å². The molecule has 0 fully saturated rings. The van der Waals surface area contributed by atoms with Crippen molar-refractivity contribution in [2.45, 2.75) is 46.1 Å². The average Bonchev–Trinajstić information content (AvgIpc) is 2.09. The van der Waals surface area contributed by atoms with Crippen LogP contribution in [0.5, 0.6) is 0 Å². The van der Waals surface area contributed by atoms with Crippen molar-refractivity contribution in [1.29, 1.82) is 0 Å². The van der Waals surface area contributed by atoms with E-state index in [0.29, 0.717) is 0 Å². The Kier molecular flexibility index (Phi) is 6.27. The molecule has 0 radical (unpaired) electrons. The fourth-order valence-electron chi connectivity index (χ4n) is 2.53. The molecule has 0 rings (SSSR count).